The van der Waals surface area contributed by atoms with Crippen molar-refractivity contribution in [2.75, 3.05) is 13.2 Å². The molecule has 0 aliphatic carbocycles. The Kier molecular flexibility index (Phi) is 11.4. The van der Waals surface area contributed by atoms with Gasteiger partial charge in [-0.25, -0.2) is 4.79 Å². The first-order valence-electron chi connectivity index (χ1n) is 14.3. The Labute approximate surface area is 233 Å². The summed E-state index contributed by atoms with van der Waals surface area (Å²) in [5.74, 6) is -0.228. The monoisotopic (exact) mass is 520 g/mol. The van der Waals surface area contributed by atoms with Crippen LogP contribution in [0.4, 0.5) is 0 Å². The number of ether oxygens (including phenoxy) is 2. The highest BCUT2D eigenvalue weighted by Crippen LogP contribution is 2.40. The molecule has 0 saturated carbocycles. The van der Waals surface area contributed by atoms with Crippen molar-refractivity contribution in [1.82, 2.24) is 0 Å². The van der Waals surface area contributed by atoms with E-state index in [1.807, 2.05) is 18.2 Å². The molecule has 0 aliphatic heterocycles. The molecule has 0 aliphatic rings. The molecule has 0 bridgehead atoms. The zero-order chi connectivity index (χ0) is 27.0. The molecule has 0 unspecified atom stereocenters. The number of hydrogen-bond acceptors (Lipinski definition) is 3. The summed E-state index contributed by atoms with van der Waals surface area (Å²) in [5.41, 5.74) is 3.44. The van der Waals surface area contributed by atoms with Crippen LogP contribution >= 0.6 is 0 Å². The van der Waals surface area contributed by atoms with Crippen molar-refractivity contribution < 1.29 is 14.3 Å². The van der Waals surface area contributed by atoms with Gasteiger partial charge in [-0.15, -0.1) is 0 Å². The summed E-state index contributed by atoms with van der Waals surface area (Å²) in [7, 11) is 0. The van der Waals surface area contributed by atoms with E-state index in [-0.39, 0.29) is 5.97 Å². The predicted molar refractivity (Wildman–Crippen MR) is 159 cm³/mol. The minimum atomic E-state index is -0.631. The van der Waals surface area contributed by atoms with Crippen LogP contribution in [-0.4, -0.2) is 19.2 Å². The number of hydrogen-bond donors (Lipinski definition) is 0. The maximum absolute atomic E-state index is 12.0. The van der Waals surface area contributed by atoms with Gasteiger partial charge in [0.05, 0.1) is 12.2 Å². The molecule has 0 amide bonds. The van der Waals surface area contributed by atoms with Gasteiger partial charge in [-0.1, -0.05) is 148 Å². The molecule has 3 nitrogen and oxygen atoms in total. The van der Waals surface area contributed by atoms with Gasteiger partial charge in [-0.2, -0.15) is 0 Å². The Balaban J connectivity index is 1.19. The van der Waals surface area contributed by atoms with Crippen molar-refractivity contribution in [2.45, 2.75) is 57.0 Å². The Morgan fingerprint density at radius 3 is 1.26 bits per heavy atom. The van der Waals surface area contributed by atoms with Crippen LogP contribution in [0.25, 0.3) is 0 Å². The lowest BCUT2D eigenvalue weighted by molar-refractivity contribution is 0.0106. The highest BCUT2D eigenvalue weighted by Gasteiger charge is 2.37. The summed E-state index contributed by atoms with van der Waals surface area (Å²) >= 11 is 0. The van der Waals surface area contributed by atoms with Crippen molar-refractivity contribution in [3.63, 3.8) is 0 Å². The van der Waals surface area contributed by atoms with Gasteiger partial charge in [0.15, 0.2) is 0 Å². The van der Waals surface area contributed by atoms with E-state index in [0.717, 1.165) is 42.4 Å². The summed E-state index contributed by atoms with van der Waals surface area (Å²) in [6.45, 7) is 1.20. The van der Waals surface area contributed by atoms with Crippen molar-refractivity contribution in [1.29, 1.82) is 0 Å². The van der Waals surface area contributed by atoms with Crippen LogP contribution in [-0.2, 0) is 15.1 Å². The quantitative estimate of drug-likeness (QED) is 0.0840. The molecule has 4 aromatic carbocycles. The summed E-state index contributed by atoms with van der Waals surface area (Å²) in [5, 5.41) is 0. The standard InChI is InChI=1S/C36H40O3/c37-35(31-21-11-7-12-22-31)38-29-19-5-3-1-2-4-6-20-30-39-36(32-23-13-8-14-24-32,33-25-15-9-16-26-33)34-27-17-10-18-28-34/h7-18,21-28H,1-6,19-20,29-30H2. The fraction of sp³-hybridized carbons (Fsp3) is 0.306. The van der Waals surface area contributed by atoms with Crippen LogP contribution in [0.1, 0.15) is 78.4 Å². The molecule has 0 spiro atoms. The zero-order valence-corrected chi connectivity index (χ0v) is 22.8. The van der Waals surface area contributed by atoms with Gasteiger partial charge in [0.1, 0.15) is 5.60 Å². The highest BCUT2D eigenvalue weighted by molar-refractivity contribution is 5.89. The summed E-state index contributed by atoms with van der Waals surface area (Å²) in [6, 6.07) is 40.9. The Morgan fingerprint density at radius 1 is 0.462 bits per heavy atom. The van der Waals surface area contributed by atoms with E-state index in [0.29, 0.717) is 18.8 Å². The van der Waals surface area contributed by atoms with E-state index in [1.54, 1.807) is 12.1 Å². The maximum Gasteiger partial charge on any atom is 0.338 e. The fourth-order valence-corrected chi connectivity index (χ4v) is 5.08. The molecule has 0 heterocycles. The summed E-state index contributed by atoms with van der Waals surface area (Å²) in [6.07, 6.45) is 9.04. The van der Waals surface area contributed by atoms with E-state index in [4.69, 9.17) is 9.47 Å². The molecule has 0 radical (unpaired) electrons. The van der Waals surface area contributed by atoms with Crippen LogP contribution < -0.4 is 0 Å². The van der Waals surface area contributed by atoms with E-state index < -0.39 is 5.60 Å². The van der Waals surface area contributed by atoms with Gasteiger partial charge >= 0.3 is 5.97 Å². The maximum atomic E-state index is 12.0. The molecular weight excluding hydrogens is 480 g/mol. The van der Waals surface area contributed by atoms with Crippen LogP contribution in [0.2, 0.25) is 0 Å². The fourth-order valence-electron chi connectivity index (χ4n) is 5.08. The third-order valence-electron chi connectivity index (χ3n) is 7.14. The van der Waals surface area contributed by atoms with Crippen LogP contribution in [0.3, 0.4) is 0 Å². The number of unbranched alkanes of at least 4 members (excludes halogenated alkanes) is 7. The average molecular weight is 521 g/mol. The Bertz CT molecular complexity index is 1110. The van der Waals surface area contributed by atoms with Crippen LogP contribution in [0.15, 0.2) is 121 Å². The van der Waals surface area contributed by atoms with E-state index in [1.165, 1.54) is 25.7 Å². The molecule has 0 N–H and O–H groups in total. The van der Waals surface area contributed by atoms with Crippen molar-refractivity contribution >= 4 is 5.97 Å². The van der Waals surface area contributed by atoms with Gasteiger partial charge in [-0.05, 0) is 41.7 Å². The molecule has 0 fully saturated rings. The van der Waals surface area contributed by atoms with Gasteiger partial charge < -0.3 is 9.47 Å². The molecular formula is C36H40O3. The second kappa shape index (κ2) is 15.7. The number of rotatable bonds is 16. The van der Waals surface area contributed by atoms with Crippen LogP contribution in [0.5, 0.6) is 0 Å². The number of carbonyl (C=O) groups is 1. The largest absolute Gasteiger partial charge is 0.462 e. The average Bonchev–Trinajstić information content (AvgIpc) is 3.01. The Hall–Kier alpha value is -3.69. The topological polar surface area (TPSA) is 35.5 Å². The van der Waals surface area contributed by atoms with Crippen molar-refractivity contribution in [3.8, 4) is 0 Å². The minimum Gasteiger partial charge on any atom is -0.462 e. The predicted octanol–water partition coefficient (Wildman–Crippen LogP) is 8.97. The lowest BCUT2D eigenvalue weighted by Crippen LogP contribution is -2.33. The van der Waals surface area contributed by atoms with Gasteiger partial charge in [-0.3, -0.25) is 0 Å². The highest BCUT2D eigenvalue weighted by atomic mass is 16.5. The van der Waals surface area contributed by atoms with E-state index >= 15 is 0 Å². The molecule has 0 atom stereocenters. The normalized spacial score (nSPS) is 11.3. The molecule has 4 rings (SSSR count). The number of carbonyl (C=O) groups excluding carboxylic acids is 1. The summed E-state index contributed by atoms with van der Waals surface area (Å²) in [4.78, 5) is 12.0. The first-order valence-corrected chi connectivity index (χ1v) is 14.3. The lowest BCUT2D eigenvalue weighted by atomic mass is 9.80. The van der Waals surface area contributed by atoms with E-state index in [9.17, 15) is 4.79 Å². The lowest BCUT2D eigenvalue weighted by Gasteiger charge is -2.36. The van der Waals surface area contributed by atoms with Gasteiger partial charge in [0.2, 0.25) is 0 Å². The third kappa shape index (κ3) is 8.15. The molecule has 202 valence electrons. The molecule has 0 saturated heterocycles. The molecule has 0 aromatic heterocycles. The zero-order valence-electron chi connectivity index (χ0n) is 22.8. The van der Waals surface area contributed by atoms with Crippen molar-refractivity contribution in [3.05, 3.63) is 144 Å². The minimum absolute atomic E-state index is 0.228. The summed E-state index contributed by atoms with van der Waals surface area (Å²) < 4.78 is 12.2. The number of esters is 1. The van der Waals surface area contributed by atoms with Gasteiger partial charge in [0, 0.05) is 6.61 Å². The second-order valence-electron chi connectivity index (χ2n) is 9.96. The SMILES string of the molecule is O=C(OCCCCCCCCCCOC(c1ccccc1)(c1ccccc1)c1ccccc1)c1ccccc1. The van der Waals surface area contributed by atoms with Crippen LogP contribution in [0, 0.1) is 0 Å². The Morgan fingerprint density at radius 2 is 0.821 bits per heavy atom. The third-order valence-corrected chi connectivity index (χ3v) is 7.14. The molecule has 39 heavy (non-hydrogen) atoms. The van der Waals surface area contributed by atoms with Gasteiger partial charge in [0.25, 0.3) is 0 Å². The van der Waals surface area contributed by atoms with E-state index in [2.05, 4.69) is 91.0 Å². The van der Waals surface area contributed by atoms with Crippen molar-refractivity contribution in [2.24, 2.45) is 0 Å². The smallest absolute Gasteiger partial charge is 0.338 e. The molecule has 3 heteroatoms. The second-order valence-corrected chi connectivity index (χ2v) is 9.96. The number of benzene rings is 4. The first-order chi connectivity index (χ1) is 19.3. The molecule has 4 aromatic rings. The first kappa shape index (κ1) is 28.3.